The zero-order valence-electron chi connectivity index (χ0n) is 12.7. The van der Waals surface area contributed by atoms with Crippen LogP contribution in [0.2, 0.25) is 0 Å². The van der Waals surface area contributed by atoms with Crippen molar-refractivity contribution in [3.8, 4) is 17.0 Å². The van der Waals surface area contributed by atoms with Gasteiger partial charge < -0.3 is 10.1 Å². The molecular formula is C16H21N3O. The van der Waals surface area contributed by atoms with Crippen molar-refractivity contribution < 1.29 is 4.74 Å². The summed E-state index contributed by atoms with van der Waals surface area (Å²) in [7, 11) is 3.52. The Morgan fingerprint density at radius 1 is 1.10 bits per heavy atom. The third-order valence-corrected chi connectivity index (χ3v) is 3.26. The van der Waals surface area contributed by atoms with Gasteiger partial charge in [-0.25, -0.2) is 9.97 Å². The van der Waals surface area contributed by atoms with Crippen LogP contribution in [0.15, 0.2) is 30.6 Å². The van der Waals surface area contributed by atoms with Crippen molar-refractivity contribution in [1.29, 1.82) is 0 Å². The van der Waals surface area contributed by atoms with Gasteiger partial charge in [0.05, 0.1) is 12.8 Å². The lowest BCUT2D eigenvalue weighted by molar-refractivity contribution is 0.415. The molecule has 0 saturated carbocycles. The molecule has 2 rings (SSSR count). The minimum absolute atomic E-state index is 0.0832. The second kappa shape index (κ2) is 5.49. The molecule has 0 aliphatic carbocycles. The Hall–Kier alpha value is -2.10. The van der Waals surface area contributed by atoms with Gasteiger partial charge in [0.1, 0.15) is 17.9 Å². The van der Waals surface area contributed by atoms with E-state index in [1.165, 1.54) is 5.56 Å². The van der Waals surface area contributed by atoms with E-state index >= 15 is 0 Å². The standard InChI is InChI=1S/C16H21N3O/c1-16(2,3)11-6-7-14(20-5)12(8-11)13-9-15(17-4)19-10-18-13/h6-10H,1-5H3,(H,17,18,19). The number of methoxy groups -OCH3 is 1. The number of hydrogen-bond donors (Lipinski definition) is 1. The first kappa shape index (κ1) is 14.3. The summed E-state index contributed by atoms with van der Waals surface area (Å²) < 4.78 is 5.46. The molecule has 0 saturated heterocycles. The molecule has 0 fully saturated rings. The molecule has 0 atom stereocenters. The van der Waals surface area contributed by atoms with Crippen LogP contribution in [-0.4, -0.2) is 24.1 Å². The third-order valence-electron chi connectivity index (χ3n) is 3.26. The van der Waals surface area contributed by atoms with Gasteiger partial charge in [-0.2, -0.15) is 0 Å². The Morgan fingerprint density at radius 2 is 1.85 bits per heavy atom. The maximum atomic E-state index is 5.46. The third kappa shape index (κ3) is 2.90. The summed E-state index contributed by atoms with van der Waals surface area (Å²) >= 11 is 0. The average molecular weight is 271 g/mol. The fourth-order valence-corrected chi connectivity index (χ4v) is 2.02. The number of hydrogen-bond acceptors (Lipinski definition) is 4. The lowest BCUT2D eigenvalue weighted by Gasteiger charge is -2.21. The molecule has 0 unspecified atom stereocenters. The van der Waals surface area contributed by atoms with E-state index in [9.17, 15) is 0 Å². The summed E-state index contributed by atoms with van der Waals surface area (Å²) in [6.45, 7) is 6.58. The second-order valence-corrected chi connectivity index (χ2v) is 5.70. The number of anilines is 1. The summed E-state index contributed by atoms with van der Waals surface area (Å²) in [5, 5.41) is 3.03. The molecular weight excluding hydrogens is 250 g/mol. The predicted octanol–water partition coefficient (Wildman–Crippen LogP) is 3.49. The molecule has 106 valence electrons. The van der Waals surface area contributed by atoms with Crippen LogP contribution in [0.3, 0.4) is 0 Å². The van der Waals surface area contributed by atoms with E-state index in [1.807, 2.05) is 19.2 Å². The summed E-state index contributed by atoms with van der Waals surface area (Å²) in [5.74, 6) is 1.61. The van der Waals surface area contributed by atoms with Crippen LogP contribution in [0.5, 0.6) is 5.75 Å². The lowest BCUT2D eigenvalue weighted by atomic mass is 9.85. The molecule has 1 N–H and O–H groups in total. The largest absolute Gasteiger partial charge is 0.496 e. The highest BCUT2D eigenvalue weighted by atomic mass is 16.5. The molecule has 1 aromatic carbocycles. The number of rotatable bonds is 3. The van der Waals surface area contributed by atoms with Crippen LogP contribution in [0, 0.1) is 0 Å². The summed E-state index contributed by atoms with van der Waals surface area (Å²) in [5.41, 5.74) is 3.17. The normalized spacial score (nSPS) is 11.2. The van der Waals surface area contributed by atoms with E-state index in [4.69, 9.17) is 4.74 Å². The van der Waals surface area contributed by atoms with Crippen LogP contribution >= 0.6 is 0 Å². The van der Waals surface area contributed by atoms with E-state index in [0.29, 0.717) is 0 Å². The fourth-order valence-electron chi connectivity index (χ4n) is 2.02. The van der Waals surface area contributed by atoms with Gasteiger partial charge in [-0.1, -0.05) is 26.8 Å². The van der Waals surface area contributed by atoms with Crippen LogP contribution in [0.1, 0.15) is 26.3 Å². The molecule has 0 radical (unpaired) electrons. The monoisotopic (exact) mass is 271 g/mol. The van der Waals surface area contributed by atoms with Crippen molar-refractivity contribution in [2.24, 2.45) is 0 Å². The first-order chi connectivity index (χ1) is 9.45. The lowest BCUT2D eigenvalue weighted by Crippen LogP contribution is -2.11. The molecule has 1 heterocycles. The van der Waals surface area contributed by atoms with E-state index in [0.717, 1.165) is 22.8 Å². The van der Waals surface area contributed by atoms with Crippen molar-refractivity contribution in [2.45, 2.75) is 26.2 Å². The highest BCUT2D eigenvalue weighted by Crippen LogP contribution is 2.34. The smallest absolute Gasteiger partial charge is 0.129 e. The zero-order chi connectivity index (χ0) is 14.8. The second-order valence-electron chi connectivity index (χ2n) is 5.70. The van der Waals surface area contributed by atoms with E-state index in [-0.39, 0.29) is 5.41 Å². The van der Waals surface area contributed by atoms with E-state index < -0.39 is 0 Å². The van der Waals surface area contributed by atoms with Gasteiger partial charge in [0, 0.05) is 18.7 Å². The Balaban J connectivity index is 2.58. The van der Waals surface area contributed by atoms with Gasteiger partial charge in [0.25, 0.3) is 0 Å². The van der Waals surface area contributed by atoms with Crippen molar-refractivity contribution in [2.75, 3.05) is 19.5 Å². The zero-order valence-corrected chi connectivity index (χ0v) is 12.7. The number of nitrogens with one attached hydrogen (secondary N) is 1. The van der Waals surface area contributed by atoms with Crippen molar-refractivity contribution in [1.82, 2.24) is 9.97 Å². The SMILES string of the molecule is CNc1cc(-c2cc(C(C)(C)C)ccc2OC)ncn1. The van der Waals surface area contributed by atoms with E-state index in [2.05, 4.69) is 48.2 Å². The van der Waals surface area contributed by atoms with E-state index in [1.54, 1.807) is 13.4 Å². The number of aromatic nitrogens is 2. The Bertz CT molecular complexity index is 603. The average Bonchev–Trinajstić information content (AvgIpc) is 2.45. The quantitative estimate of drug-likeness (QED) is 0.928. The van der Waals surface area contributed by atoms with Gasteiger partial charge in [-0.15, -0.1) is 0 Å². The Morgan fingerprint density at radius 3 is 2.45 bits per heavy atom. The highest BCUT2D eigenvalue weighted by Gasteiger charge is 2.17. The van der Waals surface area contributed by atoms with Gasteiger partial charge in [-0.05, 0) is 23.1 Å². The minimum Gasteiger partial charge on any atom is -0.496 e. The van der Waals surface area contributed by atoms with Gasteiger partial charge >= 0.3 is 0 Å². The van der Waals surface area contributed by atoms with Gasteiger partial charge in [0.2, 0.25) is 0 Å². The summed E-state index contributed by atoms with van der Waals surface area (Å²) in [6, 6.07) is 8.16. The van der Waals surface area contributed by atoms with Crippen LogP contribution in [0.4, 0.5) is 5.82 Å². The molecule has 4 nitrogen and oxygen atoms in total. The van der Waals surface area contributed by atoms with Gasteiger partial charge in [-0.3, -0.25) is 0 Å². The molecule has 0 bridgehead atoms. The minimum atomic E-state index is 0.0832. The molecule has 2 aromatic rings. The van der Waals surface area contributed by atoms with Crippen molar-refractivity contribution in [3.05, 3.63) is 36.2 Å². The molecule has 4 heteroatoms. The molecule has 20 heavy (non-hydrogen) atoms. The molecule has 0 aliphatic heterocycles. The van der Waals surface area contributed by atoms with Crippen molar-refractivity contribution >= 4 is 5.82 Å². The van der Waals surface area contributed by atoms with Crippen molar-refractivity contribution in [3.63, 3.8) is 0 Å². The van der Waals surface area contributed by atoms with Gasteiger partial charge in [0.15, 0.2) is 0 Å². The molecule has 1 aromatic heterocycles. The maximum Gasteiger partial charge on any atom is 0.129 e. The summed E-state index contributed by atoms with van der Waals surface area (Å²) in [6.07, 6.45) is 1.56. The number of nitrogens with zero attached hydrogens (tertiary/aromatic N) is 2. The first-order valence-corrected chi connectivity index (χ1v) is 6.64. The highest BCUT2D eigenvalue weighted by molar-refractivity contribution is 5.70. The Kier molecular flexibility index (Phi) is 3.93. The first-order valence-electron chi connectivity index (χ1n) is 6.64. The van der Waals surface area contributed by atoms with Crippen LogP contribution in [-0.2, 0) is 5.41 Å². The molecule has 0 amide bonds. The Labute approximate surface area is 120 Å². The predicted molar refractivity (Wildman–Crippen MR) is 82.3 cm³/mol. The molecule has 0 aliphatic rings. The number of benzene rings is 1. The van der Waals surface area contributed by atoms with Crippen LogP contribution < -0.4 is 10.1 Å². The maximum absolute atomic E-state index is 5.46. The fraction of sp³-hybridized carbons (Fsp3) is 0.375. The van der Waals surface area contributed by atoms with Crippen LogP contribution in [0.25, 0.3) is 11.3 Å². The number of ether oxygens (including phenoxy) is 1. The summed E-state index contributed by atoms with van der Waals surface area (Å²) in [4.78, 5) is 8.51. The molecule has 0 spiro atoms. The topological polar surface area (TPSA) is 47.0 Å².